The van der Waals surface area contributed by atoms with E-state index >= 15 is 0 Å². The zero-order valence-corrected chi connectivity index (χ0v) is 15.4. The van der Waals surface area contributed by atoms with E-state index in [-0.39, 0.29) is 17.5 Å². The molecule has 1 aromatic heterocycles. The number of hydrogen-bond acceptors (Lipinski definition) is 3. The predicted molar refractivity (Wildman–Crippen MR) is 98.5 cm³/mol. The lowest BCUT2D eigenvalue weighted by Crippen LogP contribution is -2.38. The van der Waals surface area contributed by atoms with Crippen LogP contribution in [-0.4, -0.2) is 33.4 Å². The second kappa shape index (κ2) is 7.58. The first-order valence-corrected chi connectivity index (χ1v) is 9.09. The van der Waals surface area contributed by atoms with Crippen molar-refractivity contribution in [1.29, 1.82) is 0 Å². The van der Waals surface area contributed by atoms with Gasteiger partial charge in [0.1, 0.15) is 11.4 Å². The van der Waals surface area contributed by atoms with Crippen molar-refractivity contribution in [2.45, 2.75) is 38.6 Å². The van der Waals surface area contributed by atoms with Gasteiger partial charge < -0.3 is 9.88 Å². The Hall–Kier alpha value is -1.85. The molecule has 2 heterocycles. The number of aromatic amines is 1. The minimum Gasteiger partial charge on any atom is -0.335 e. The summed E-state index contributed by atoms with van der Waals surface area (Å²) in [6, 6.07) is 5.42. The second-order valence-electron chi connectivity index (χ2n) is 6.15. The van der Waals surface area contributed by atoms with Gasteiger partial charge in [-0.05, 0) is 37.0 Å². The highest BCUT2D eigenvalue weighted by Gasteiger charge is 2.29. The van der Waals surface area contributed by atoms with Crippen LogP contribution in [0.15, 0.2) is 29.2 Å². The van der Waals surface area contributed by atoms with Gasteiger partial charge in [0.05, 0.1) is 0 Å². The zero-order valence-electron chi connectivity index (χ0n) is 13.9. The number of likely N-dealkylation sites (tertiary alicyclic amines) is 1. The average molecular weight is 380 g/mol. The monoisotopic (exact) mass is 379 g/mol. The fourth-order valence-corrected chi connectivity index (χ4v) is 3.76. The van der Waals surface area contributed by atoms with Crippen molar-refractivity contribution in [2.75, 3.05) is 6.54 Å². The van der Waals surface area contributed by atoms with Gasteiger partial charge in [-0.3, -0.25) is 9.59 Å². The number of rotatable bonds is 4. The van der Waals surface area contributed by atoms with Crippen LogP contribution < -0.4 is 5.56 Å². The first-order chi connectivity index (χ1) is 12.0. The Morgan fingerprint density at radius 3 is 2.72 bits per heavy atom. The molecule has 0 unspecified atom stereocenters. The van der Waals surface area contributed by atoms with Crippen LogP contribution in [0.25, 0.3) is 0 Å². The third-order valence-corrected chi connectivity index (χ3v) is 5.31. The number of hydrogen-bond donors (Lipinski definition) is 1. The van der Waals surface area contributed by atoms with Gasteiger partial charge in [0.25, 0.3) is 11.5 Å². The molecule has 1 fully saturated rings. The number of aromatic nitrogens is 2. The van der Waals surface area contributed by atoms with Crippen molar-refractivity contribution in [2.24, 2.45) is 0 Å². The minimum atomic E-state index is -0.431. The molecule has 0 saturated carbocycles. The summed E-state index contributed by atoms with van der Waals surface area (Å²) in [5, 5.41) is 1.02. The van der Waals surface area contributed by atoms with Crippen LogP contribution in [0.4, 0.5) is 0 Å². The molecule has 1 saturated heterocycles. The number of benzene rings is 1. The van der Waals surface area contributed by atoms with Crippen LogP contribution in [-0.2, 0) is 6.42 Å². The molecule has 1 aliphatic heterocycles. The smallest absolute Gasteiger partial charge is 0.263 e. The maximum atomic E-state index is 12.6. The summed E-state index contributed by atoms with van der Waals surface area (Å²) in [5.41, 5.74) is 0.341. The maximum Gasteiger partial charge on any atom is 0.263 e. The summed E-state index contributed by atoms with van der Waals surface area (Å²) in [5.74, 6) is 0.172. The molecular formula is C18H19Cl2N3O2. The third-order valence-electron chi connectivity index (χ3n) is 4.60. The van der Waals surface area contributed by atoms with Crippen LogP contribution in [0.5, 0.6) is 0 Å². The summed E-state index contributed by atoms with van der Waals surface area (Å²) in [4.78, 5) is 33.7. The van der Waals surface area contributed by atoms with Crippen molar-refractivity contribution < 1.29 is 4.79 Å². The van der Waals surface area contributed by atoms with Gasteiger partial charge in [0, 0.05) is 35.2 Å². The molecule has 1 amide bonds. The largest absolute Gasteiger partial charge is 0.335 e. The van der Waals surface area contributed by atoms with Crippen molar-refractivity contribution in [1.82, 2.24) is 14.9 Å². The summed E-state index contributed by atoms with van der Waals surface area (Å²) in [6.07, 6.45) is 4.49. The van der Waals surface area contributed by atoms with Crippen molar-refractivity contribution in [3.63, 3.8) is 0 Å². The fraction of sp³-hybridized carbons (Fsp3) is 0.389. The molecule has 5 nitrogen and oxygen atoms in total. The Balaban J connectivity index is 1.84. The highest BCUT2D eigenvalue weighted by atomic mass is 35.5. The molecule has 1 atom stereocenters. The second-order valence-corrected chi connectivity index (χ2v) is 6.97. The third kappa shape index (κ3) is 3.72. The van der Waals surface area contributed by atoms with Gasteiger partial charge in [0.15, 0.2) is 0 Å². The molecule has 7 heteroatoms. The van der Waals surface area contributed by atoms with Gasteiger partial charge in [-0.15, -0.1) is 0 Å². The molecule has 2 aromatic rings. The van der Waals surface area contributed by atoms with Crippen molar-refractivity contribution >= 4 is 29.1 Å². The molecule has 1 aromatic carbocycles. The summed E-state index contributed by atoms with van der Waals surface area (Å²) >= 11 is 12.3. The normalized spacial score (nSPS) is 17.1. The summed E-state index contributed by atoms with van der Waals surface area (Å²) < 4.78 is 0. The predicted octanol–water partition coefficient (Wildman–Crippen LogP) is 3.68. The van der Waals surface area contributed by atoms with Crippen LogP contribution in [0.3, 0.4) is 0 Å². The number of carbonyl (C=O) groups is 1. The van der Waals surface area contributed by atoms with E-state index in [1.165, 1.54) is 6.20 Å². The van der Waals surface area contributed by atoms with E-state index in [9.17, 15) is 9.59 Å². The Morgan fingerprint density at radius 1 is 1.36 bits per heavy atom. The molecule has 1 N–H and O–H groups in total. The summed E-state index contributed by atoms with van der Waals surface area (Å²) in [7, 11) is 0. The van der Waals surface area contributed by atoms with Gasteiger partial charge in [-0.1, -0.05) is 36.2 Å². The van der Waals surface area contributed by atoms with Gasteiger partial charge in [0.2, 0.25) is 0 Å². The molecule has 0 bridgehead atoms. The van der Waals surface area contributed by atoms with Crippen molar-refractivity contribution in [3.8, 4) is 0 Å². The molecule has 0 aliphatic carbocycles. The van der Waals surface area contributed by atoms with E-state index in [1.54, 1.807) is 23.1 Å². The molecule has 1 aliphatic rings. The minimum absolute atomic E-state index is 0.0781. The number of carbonyl (C=O) groups excluding carboxylic acids is 1. The molecule has 3 rings (SSSR count). The lowest BCUT2D eigenvalue weighted by Gasteiger charge is -2.23. The Kier molecular flexibility index (Phi) is 5.45. The number of halogens is 2. The number of nitrogens with one attached hydrogen (secondary N) is 1. The fourth-order valence-electron chi connectivity index (χ4n) is 3.22. The lowest BCUT2D eigenvalue weighted by atomic mass is 10.1. The van der Waals surface area contributed by atoms with Crippen molar-refractivity contribution in [3.05, 3.63) is 61.7 Å². The number of amides is 1. The van der Waals surface area contributed by atoms with Gasteiger partial charge >= 0.3 is 0 Å². The Morgan fingerprint density at radius 2 is 2.08 bits per heavy atom. The molecule has 0 radical (unpaired) electrons. The van der Waals surface area contributed by atoms with Crippen LogP contribution >= 0.6 is 23.2 Å². The van der Waals surface area contributed by atoms with Gasteiger partial charge in [-0.2, -0.15) is 0 Å². The highest BCUT2D eigenvalue weighted by molar-refractivity contribution is 6.36. The first kappa shape index (κ1) is 18.0. The zero-order chi connectivity index (χ0) is 18.0. The Labute approximate surface area is 156 Å². The van der Waals surface area contributed by atoms with Crippen LogP contribution in [0.1, 0.15) is 47.9 Å². The number of nitrogens with zero attached hydrogens (tertiary/aromatic N) is 2. The molecule has 25 heavy (non-hydrogen) atoms. The molecule has 0 spiro atoms. The van der Waals surface area contributed by atoms with E-state index in [1.807, 2.05) is 0 Å². The molecule has 132 valence electrons. The van der Waals surface area contributed by atoms with Crippen LogP contribution in [0, 0.1) is 0 Å². The van der Waals surface area contributed by atoms with E-state index in [0.29, 0.717) is 34.4 Å². The maximum absolute atomic E-state index is 12.6. The number of H-pyrrole nitrogens is 1. The quantitative estimate of drug-likeness (QED) is 0.880. The first-order valence-electron chi connectivity index (χ1n) is 8.33. The van der Waals surface area contributed by atoms with E-state index in [4.69, 9.17) is 23.2 Å². The lowest BCUT2D eigenvalue weighted by molar-refractivity contribution is 0.0731. The SMILES string of the molecule is CC[C@@H]1CCCN1C(=O)c1cnc(Cc2c(Cl)cccc2Cl)[nH]c1=O. The molecular weight excluding hydrogens is 361 g/mol. The van der Waals surface area contributed by atoms with E-state index in [0.717, 1.165) is 19.3 Å². The van der Waals surface area contributed by atoms with E-state index < -0.39 is 5.56 Å². The van der Waals surface area contributed by atoms with Crippen LogP contribution in [0.2, 0.25) is 10.0 Å². The summed E-state index contributed by atoms with van der Waals surface area (Å²) in [6.45, 7) is 2.74. The topological polar surface area (TPSA) is 66.1 Å². The average Bonchev–Trinajstić information content (AvgIpc) is 3.06. The Bertz CT molecular complexity index is 830. The van der Waals surface area contributed by atoms with Gasteiger partial charge in [-0.25, -0.2) is 4.98 Å². The highest BCUT2D eigenvalue weighted by Crippen LogP contribution is 2.26. The standard InChI is InChI=1S/C18H19Cl2N3O2/c1-2-11-5-4-8-23(11)18(25)13-10-21-16(22-17(13)24)9-12-14(19)6-3-7-15(12)20/h3,6-7,10-11H,2,4-5,8-9H2,1H3,(H,21,22,24)/t11-/m1/s1. The van der Waals surface area contributed by atoms with E-state index in [2.05, 4.69) is 16.9 Å².